The van der Waals surface area contributed by atoms with Gasteiger partial charge in [-0.05, 0) is 6.07 Å². The van der Waals surface area contributed by atoms with Crippen molar-refractivity contribution >= 4 is 17.1 Å². The molecule has 1 aromatic carbocycles. The Balaban J connectivity index is 2.90. The molecule has 0 atom stereocenters. The first-order valence-corrected chi connectivity index (χ1v) is 4.04. The quantitative estimate of drug-likeness (QED) is 0.372. The molecule has 0 amide bonds. The number of nitro benzene ring substituents is 1. The minimum atomic E-state index is -0.496. The van der Waals surface area contributed by atoms with Gasteiger partial charge in [0.05, 0.1) is 22.9 Å². The normalized spacial score (nSPS) is 9.79. The van der Waals surface area contributed by atoms with E-state index in [1.807, 2.05) is 0 Å². The maximum atomic E-state index is 10.4. The number of aliphatic hydroxyl groups is 1. The van der Waals surface area contributed by atoms with Crippen LogP contribution in [0.4, 0.5) is 17.1 Å². The van der Waals surface area contributed by atoms with Crippen molar-refractivity contribution in [3.05, 3.63) is 28.3 Å². The number of hydrogen-bond acceptors (Lipinski definition) is 5. The van der Waals surface area contributed by atoms with Gasteiger partial charge in [-0.3, -0.25) is 10.1 Å². The van der Waals surface area contributed by atoms with Gasteiger partial charge in [0.2, 0.25) is 0 Å². The first kappa shape index (κ1) is 10.3. The monoisotopic (exact) mass is 197 g/mol. The summed E-state index contributed by atoms with van der Waals surface area (Å²) in [6.07, 6.45) is 0. The average molecular weight is 197 g/mol. The van der Waals surface area contributed by atoms with Gasteiger partial charge in [0, 0.05) is 18.7 Å². The molecule has 0 saturated heterocycles. The van der Waals surface area contributed by atoms with Crippen molar-refractivity contribution in [2.75, 3.05) is 24.2 Å². The molecular formula is C8H11N3O3. The molecule has 0 fully saturated rings. The Kier molecular flexibility index (Phi) is 3.24. The van der Waals surface area contributed by atoms with E-state index in [2.05, 4.69) is 5.32 Å². The Bertz CT molecular complexity index is 341. The first-order valence-electron chi connectivity index (χ1n) is 4.04. The smallest absolute Gasteiger partial charge is 0.271 e. The standard InChI is InChI=1S/C8H11N3O3/c9-7-2-1-6(11(13)14)5-8(7)10-3-4-12/h1-2,5,10,12H,3-4,9H2. The molecule has 0 heterocycles. The molecule has 6 nitrogen and oxygen atoms in total. The highest BCUT2D eigenvalue weighted by Crippen LogP contribution is 2.23. The third-order valence-corrected chi connectivity index (χ3v) is 1.67. The summed E-state index contributed by atoms with van der Waals surface area (Å²) in [5.74, 6) is 0. The van der Waals surface area contributed by atoms with Crippen LogP contribution in [0.25, 0.3) is 0 Å². The van der Waals surface area contributed by atoms with Crippen molar-refractivity contribution in [3.8, 4) is 0 Å². The molecule has 0 unspecified atom stereocenters. The van der Waals surface area contributed by atoms with Crippen LogP contribution in [0.2, 0.25) is 0 Å². The van der Waals surface area contributed by atoms with Crippen LogP contribution in [0.5, 0.6) is 0 Å². The van der Waals surface area contributed by atoms with Crippen molar-refractivity contribution in [1.82, 2.24) is 0 Å². The fourth-order valence-corrected chi connectivity index (χ4v) is 1.00. The lowest BCUT2D eigenvalue weighted by Crippen LogP contribution is -2.07. The molecule has 0 aliphatic carbocycles. The SMILES string of the molecule is Nc1ccc([N+](=O)[O-])cc1NCCO. The molecule has 4 N–H and O–H groups in total. The number of nitro groups is 1. The lowest BCUT2D eigenvalue weighted by Gasteiger charge is -2.06. The number of nitrogens with zero attached hydrogens (tertiary/aromatic N) is 1. The molecule has 14 heavy (non-hydrogen) atoms. The molecule has 6 heteroatoms. The van der Waals surface area contributed by atoms with Crippen molar-refractivity contribution < 1.29 is 10.0 Å². The van der Waals surface area contributed by atoms with Crippen molar-refractivity contribution in [1.29, 1.82) is 0 Å². The predicted molar refractivity (Wildman–Crippen MR) is 53.1 cm³/mol. The second-order valence-electron chi connectivity index (χ2n) is 2.68. The van der Waals surface area contributed by atoms with Crippen LogP contribution in [-0.2, 0) is 0 Å². The van der Waals surface area contributed by atoms with Crippen LogP contribution < -0.4 is 11.1 Å². The Morgan fingerprint density at radius 3 is 2.86 bits per heavy atom. The van der Waals surface area contributed by atoms with Crippen LogP contribution in [0.1, 0.15) is 0 Å². The summed E-state index contributed by atoms with van der Waals surface area (Å²) in [5, 5.41) is 21.8. The van der Waals surface area contributed by atoms with Crippen LogP contribution in [-0.4, -0.2) is 23.2 Å². The highest BCUT2D eigenvalue weighted by atomic mass is 16.6. The molecular weight excluding hydrogens is 186 g/mol. The van der Waals surface area contributed by atoms with Gasteiger partial charge in [-0.1, -0.05) is 0 Å². The molecule has 0 bridgehead atoms. The number of benzene rings is 1. The Morgan fingerprint density at radius 2 is 2.29 bits per heavy atom. The third-order valence-electron chi connectivity index (χ3n) is 1.67. The summed E-state index contributed by atoms with van der Waals surface area (Å²) in [6, 6.07) is 4.13. The minimum absolute atomic E-state index is 0.0281. The topological polar surface area (TPSA) is 101 Å². The molecule has 0 aromatic heterocycles. The van der Waals surface area contributed by atoms with Gasteiger partial charge in [0.25, 0.3) is 5.69 Å². The predicted octanol–water partition coefficient (Wildman–Crippen LogP) is 0.581. The molecule has 0 radical (unpaired) electrons. The number of non-ortho nitro benzene ring substituents is 1. The Morgan fingerprint density at radius 1 is 1.57 bits per heavy atom. The Labute approximate surface area is 80.5 Å². The number of hydrogen-bond donors (Lipinski definition) is 3. The van der Waals surface area contributed by atoms with Crippen LogP contribution in [0, 0.1) is 10.1 Å². The van der Waals surface area contributed by atoms with E-state index in [0.717, 1.165) is 0 Å². The zero-order valence-corrected chi connectivity index (χ0v) is 7.43. The van der Waals surface area contributed by atoms with Gasteiger partial charge in [-0.2, -0.15) is 0 Å². The molecule has 0 saturated carbocycles. The van der Waals surface area contributed by atoms with E-state index < -0.39 is 4.92 Å². The summed E-state index contributed by atoms with van der Waals surface area (Å²) in [5.41, 5.74) is 6.42. The minimum Gasteiger partial charge on any atom is -0.397 e. The lowest BCUT2D eigenvalue weighted by molar-refractivity contribution is -0.384. The van der Waals surface area contributed by atoms with Gasteiger partial charge < -0.3 is 16.2 Å². The van der Waals surface area contributed by atoms with Gasteiger partial charge in [0.1, 0.15) is 0 Å². The van der Waals surface area contributed by atoms with Gasteiger partial charge in [-0.15, -0.1) is 0 Å². The summed E-state index contributed by atoms with van der Waals surface area (Å²) >= 11 is 0. The van der Waals surface area contributed by atoms with E-state index in [1.165, 1.54) is 18.2 Å². The molecule has 76 valence electrons. The highest BCUT2D eigenvalue weighted by molar-refractivity contribution is 5.69. The van der Waals surface area contributed by atoms with Crippen LogP contribution >= 0.6 is 0 Å². The number of nitrogens with two attached hydrogens (primary N) is 1. The van der Waals surface area contributed by atoms with Crippen molar-refractivity contribution in [2.45, 2.75) is 0 Å². The Hall–Kier alpha value is -1.82. The summed E-state index contributed by atoms with van der Waals surface area (Å²) in [6.45, 7) is 0.257. The van der Waals surface area contributed by atoms with Crippen molar-refractivity contribution in [3.63, 3.8) is 0 Å². The fourth-order valence-electron chi connectivity index (χ4n) is 1.00. The molecule has 1 rings (SSSR count). The van der Waals surface area contributed by atoms with Crippen molar-refractivity contribution in [2.24, 2.45) is 0 Å². The second-order valence-corrected chi connectivity index (χ2v) is 2.68. The van der Waals surface area contributed by atoms with Gasteiger partial charge in [0.15, 0.2) is 0 Å². The van der Waals surface area contributed by atoms with E-state index in [1.54, 1.807) is 0 Å². The zero-order valence-electron chi connectivity index (χ0n) is 7.43. The maximum Gasteiger partial charge on any atom is 0.271 e. The van der Waals surface area contributed by atoms with Crippen LogP contribution in [0.3, 0.4) is 0 Å². The summed E-state index contributed by atoms with van der Waals surface area (Å²) < 4.78 is 0. The third kappa shape index (κ3) is 2.33. The van der Waals surface area contributed by atoms with Gasteiger partial charge in [-0.25, -0.2) is 0 Å². The second kappa shape index (κ2) is 4.43. The zero-order chi connectivity index (χ0) is 10.6. The number of anilines is 2. The van der Waals surface area contributed by atoms with Crippen LogP contribution in [0.15, 0.2) is 18.2 Å². The maximum absolute atomic E-state index is 10.4. The van der Waals surface area contributed by atoms with Gasteiger partial charge >= 0.3 is 0 Å². The first-order chi connectivity index (χ1) is 6.65. The highest BCUT2D eigenvalue weighted by Gasteiger charge is 2.08. The number of nitrogens with one attached hydrogen (secondary N) is 1. The van der Waals surface area contributed by atoms with E-state index in [9.17, 15) is 10.1 Å². The lowest BCUT2D eigenvalue weighted by atomic mass is 10.2. The summed E-state index contributed by atoms with van der Waals surface area (Å²) in [4.78, 5) is 9.93. The molecule has 1 aromatic rings. The summed E-state index contributed by atoms with van der Waals surface area (Å²) in [7, 11) is 0. The van der Waals surface area contributed by atoms with E-state index in [0.29, 0.717) is 17.9 Å². The molecule has 0 aliphatic rings. The molecule has 0 aliphatic heterocycles. The fraction of sp³-hybridized carbons (Fsp3) is 0.250. The molecule has 0 spiro atoms. The van der Waals surface area contributed by atoms with E-state index in [-0.39, 0.29) is 12.3 Å². The van der Waals surface area contributed by atoms with E-state index in [4.69, 9.17) is 10.8 Å². The van der Waals surface area contributed by atoms with E-state index >= 15 is 0 Å². The average Bonchev–Trinajstić information content (AvgIpc) is 2.16. The largest absolute Gasteiger partial charge is 0.397 e. The number of rotatable bonds is 4. The number of nitrogen functional groups attached to an aromatic ring is 1. The number of aliphatic hydroxyl groups excluding tert-OH is 1.